The molecule has 4 rings (SSSR count). The molecule has 1 aliphatic rings. The summed E-state index contributed by atoms with van der Waals surface area (Å²) in [4.78, 5) is 17.8. The first-order chi connectivity index (χ1) is 12.3. The van der Waals surface area contributed by atoms with Gasteiger partial charge in [0, 0.05) is 23.2 Å². The zero-order valence-corrected chi connectivity index (χ0v) is 14.4. The number of thiazole rings is 1. The molecule has 2 heterocycles. The highest BCUT2D eigenvalue weighted by atomic mass is 32.1. The van der Waals surface area contributed by atoms with Crippen molar-refractivity contribution in [3.63, 3.8) is 0 Å². The number of aryl methyl sites for hydroxylation is 2. The highest BCUT2D eigenvalue weighted by Crippen LogP contribution is 2.38. The molecule has 0 aliphatic heterocycles. The third kappa shape index (κ3) is 2.78. The molecule has 0 fully saturated rings. The van der Waals surface area contributed by atoms with Gasteiger partial charge in [-0.05, 0) is 25.0 Å². The SMILES string of the molecule is Cn1ncc2c1CCc1sc(NC(=O)c3ccccc3C(F)(F)F)nc1-2. The summed E-state index contributed by atoms with van der Waals surface area (Å²) in [5.41, 5.74) is 1.32. The Kier molecular flexibility index (Phi) is 3.83. The lowest BCUT2D eigenvalue weighted by Crippen LogP contribution is -2.18. The fourth-order valence-corrected chi connectivity index (χ4v) is 4.04. The summed E-state index contributed by atoms with van der Waals surface area (Å²) >= 11 is 1.28. The summed E-state index contributed by atoms with van der Waals surface area (Å²) in [6.45, 7) is 0. The van der Waals surface area contributed by atoms with Gasteiger partial charge in [-0.2, -0.15) is 18.3 Å². The second-order valence-corrected chi connectivity index (χ2v) is 7.00. The second-order valence-electron chi connectivity index (χ2n) is 5.92. The van der Waals surface area contributed by atoms with E-state index in [0.29, 0.717) is 0 Å². The average Bonchev–Trinajstić information content (AvgIpc) is 3.17. The van der Waals surface area contributed by atoms with Gasteiger partial charge >= 0.3 is 6.18 Å². The van der Waals surface area contributed by atoms with Crippen molar-refractivity contribution in [2.75, 3.05) is 5.32 Å². The number of nitrogens with one attached hydrogen (secondary N) is 1. The summed E-state index contributed by atoms with van der Waals surface area (Å²) in [5, 5.41) is 7.02. The Hall–Kier alpha value is -2.68. The third-order valence-corrected chi connectivity index (χ3v) is 5.33. The van der Waals surface area contributed by atoms with Gasteiger partial charge in [-0.1, -0.05) is 12.1 Å². The molecule has 1 N–H and O–H groups in total. The minimum Gasteiger partial charge on any atom is -0.298 e. The first kappa shape index (κ1) is 16.8. The van der Waals surface area contributed by atoms with Crippen LogP contribution in [0.3, 0.4) is 0 Å². The molecule has 5 nitrogen and oxygen atoms in total. The third-order valence-electron chi connectivity index (χ3n) is 4.30. The number of hydrogen-bond acceptors (Lipinski definition) is 4. The van der Waals surface area contributed by atoms with Crippen LogP contribution in [0.15, 0.2) is 30.5 Å². The zero-order chi connectivity index (χ0) is 18.5. The molecular weight excluding hydrogens is 365 g/mol. The van der Waals surface area contributed by atoms with Crippen LogP contribution in [-0.2, 0) is 26.1 Å². The number of anilines is 1. The van der Waals surface area contributed by atoms with Crippen LogP contribution in [0, 0.1) is 0 Å². The maximum atomic E-state index is 13.1. The van der Waals surface area contributed by atoms with Crippen molar-refractivity contribution in [1.82, 2.24) is 14.8 Å². The molecule has 9 heteroatoms. The van der Waals surface area contributed by atoms with E-state index in [2.05, 4.69) is 15.4 Å². The molecule has 0 atom stereocenters. The molecular formula is C17H13F3N4OS. The van der Waals surface area contributed by atoms with Crippen molar-refractivity contribution in [2.24, 2.45) is 7.05 Å². The van der Waals surface area contributed by atoms with E-state index in [1.165, 1.54) is 23.5 Å². The van der Waals surface area contributed by atoms with Gasteiger partial charge in [0.1, 0.15) is 0 Å². The maximum Gasteiger partial charge on any atom is 0.417 e. The molecule has 0 saturated carbocycles. The fraction of sp³-hybridized carbons (Fsp3) is 0.235. The second kappa shape index (κ2) is 5.94. The van der Waals surface area contributed by atoms with Gasteiger partial charge < -0.3 is 0 Å². The van der Waals surface area contributed by atoms with E-state index >= 15 is 0 Å². The highest BCUT2D eigenvalue weighted by molar-refractivity contribution is 7.16. The van der Waals surface area contributed by atoms with Crippen LogP contribution in [-0.4, -0.2) is 20.7 Å². The fourth-order valence-electron chi connectivity index (χ4n) is 3.07. The minimum atomic E-state index is -4.60. The predicted molar refractivity (Wildman–Crippen MR) is 91.1 cm³/mol. The Labute approximate surface area is 150 Å². The molecule has 0 spiro atoms. The number of amides is 1. The molecule has 1 amide bonds. The lowest BCUT2D eigenvalue weighted by Gasteiger charge is -2.11. The normalized spacial score (nSPS) is 13.2. The summed E-state index contributed by atoms with van der Waals surface area (Å²) in [6, 6.07) is 4.71. The zero-order valence-electron chi connectivity index (χ0n) is 13.6. The Morgan fingerprint density at radius 3 is 2.81 bits per heavy atom. The van der Waals surface area contributed by atoms with E-state index in [0.717, 1.165) is 46.8 Å². The number of halogens is 3. The highest BCUT2D eigenvalue weighted by Gasteiger charge is 2.35. The van der Waals surface area contributed by atoms with Gasteiger partial charge in [-0.25, -0.2) is 4.98 Å². The van der Waals surface area contributed by atoms with Gasteiger partial charge in [-0.15, -0.1) is 11.3 Å². The quantitative estimate of drug-likeness (QED) is 0.735. The van der Waals surface area contributed by atoms with Gasteiger partial charge in [-0.3, -0.25) is 14.8 Å². The summed E-state index contributed by atoms with van der Waals surface area (Å²) in [6.07, 6.45) is -1.31. The Morgan fingerprint density at radius 1 is 1.27 bits per heavy atom. The van der Waals surface area contributed by atoms with Gasteiger partial charge in [0.15, 0.2) is 5.13 Å². The smallest absolute Gasteiger partial charge is 0.298 e. The first-order valence-electron chi connectivity index (χ1n) is 7.83. The van der Waals surface area contributed by atoms with Gasteiger partial charge in [0.25, 0.3) is 5.91 Å². The standard InChI is InChI=1S/C17H13F3N4OS/c1-24-12-6-7-13-14(10(12)8-21-24)22-16(26-13)23-15(25)9-4-2-3-5-11(9)17(18,19)20/h2-5,8H,6-7H2,1H3,(H,22,23,25). The van der Waals surface area contributed by atoms with E-state index < -0.39 is 23.2 Å². The summed E-state index contributed by atoms with van der Waals surface area (Å²) in [5.74, 6) is -0.824. The number of alkyl halides is 3. The Morgan fingerprint density at radius 2 is 2.04 bits per heavy atom. The number of benzene rings is 1. The van der Waals surface area contributed by atoms with Crippen molar-refractivity contribution in [3.05, 3.63) is 52.2 Å². The lowest BCUT2D eigenvalue weighted by atomic mass is 10.0. The van der Waals surface area contributed by atoms with Crippen LogP contribution in [0.2, 0.25) is 0 Å². The first-order valence-corrected chi connectivity index (χ1v) is 8.65. The molecule has 1 aromatic carbocycles. The van der Waals surface area contributed by atoms with Crippen molar-refractivity contribution in [1.29, 1.82) is 0 Å². The van der Waals surface area contributed by atoms with Crippen LogP contribution in [0.1, 0.15) is 26.5 Å². The van der Waals surface area contributed by atoms with Crippen molar-refractivity contribution >= 4 is 22.4 Å². The lowest BCUT2D eigenvalue weighted by molar-refractivity contribution is -0.137. The topological polar surface area (TPSA) is 59.8 Å². The molecule has 26 heavy (non-hydrogen) atoms. The molecule has 134 valence electrons. The van der Waals surface area contributed by atoms with Crippen LogP contribution in [0.4, 0.5) is 18.3 Å². The Bertz CT molecular complexity index is 1010. The molecule has 0 unspecified atom stereocenters. The maximum absolute atomic E-state index is 13.1. The van der Waals surface area contributed by atoms with Crippen LogP contribution < -0.4 is 5.32 Å². The van der Waals surface area contributed by atoms with Crippen LogP contribution in [0.25, 0.3) is 11.3 Å². The van der Waals surface area contributed by atoms with Crippen molar-refractivity contribution in [2.45, 2.75) is 19.0 Å². The number of carbonyl (C=O) groups is 1. The van der Waals surface area contributed by atoms with E-state index in [1.807, 2.05) is 7.05 Å². The minimum absolute atomic E-state index is 0.286. The van der Waals surface area contributed by atoms with E-state index in [1.54, 1.807) is 10.9 Å². The molecule has 0 bridgehead atoms. The number of aromatic nitrogens is 3. The Balaban J connectivity index is 1.64. The molecule has 2 aromatic heterocycles. The monoisotopic (exact) mass is 378 g/mol. The number of nitrogens with zero attached hydrogens (tertiary/aromatic N) is 3. The van der Waals surface area contributed by atoms with Gasteiger partial charge in [0.2, 0.25) is 0 Å². The van der Waals surface area contributed by atoms with Gasteiger partial charge in [0.05, 0.1) is 23.0 Å². The number of carbonyl (C=O) groups excluding carboxylic acids is 1. The van der Waals surface area contributed by atoms with Crippen molar-refractivity contribution in [3.8, 4) is 11.3 Å². The molecule has 0 saturated heterocycles. The largest absolute Gasteiger partial charge is 0.417 e. The number of hydrogen-bond donors (Lipinski definition) is 1. The van der Waals surface area contributed by atoms with Crippen LogP contribution in [0.5, 0.6) is 0 Å². The molecule has 0 radical (unpaired) electrons. The van der Waals surface area contributed by atoms with Crippen LogP contribution >= 0.6 is 11.3 Å². The van der Waals surface area contributed by atoms with E-state index in [4.69, 9.17) is 0 Å². The average molecular weight is 378 g/mol. The number of rotatable bonds is 2. The molecule has 3 aromatic rings. The summed E-state index contributed by atoms with van der Waals surface area (Å²) < 4.78 is 41.1. The summed E-state index contributed by atoms with van der Waals surface area (Å²) in [7, 11) is 1.85. The van der Waals surface area contributed by atoms with E-state index in [-0.39, 0.29) is 5.13 Å². The molecule has 1 aliphatic carbocycles. The number of fused-ring (bicyclic) bond motifs is 3. The predicted octanol–water partition coefficient (Wildman–Crippen LogP) is 3.91. The van der Waals surface area contributed by atoms with Crippen molar-refractivity contribution < 1.29 is 18.0 Å². The van der Waals surface area contributed by atoms with E-state index in [9.17, 15) is 18.0 Å².